The Morgan fingerprint density at radius 1 is 0.714 bits per heavy atom. The monoisotopic (exact) mass is 584 g/mol. The van der Waals surface area contributed by atoms with Gasteiger partial charge in [-0.25, -0.2) is 19.2 Å². The number of benzene rings is 2. The lowest BCUT2D eigenvalue weighted by molar-refractivity contribution is -0.138. The van der Waals surface area contributed by atoms with Gasteiger partial charge in [0.2, 0.25) is 0 Å². The molecule has 0 fully saturated rings. The van der Waals surface area contributed by atoms with Crippen LogP contribution in [0.2, 0.25) is 0 Å². The predicted octanol–water partition coefficient (Wildman–Crippen LogP) is 3.70. The van der Waals surface area contributed by atoms with Crippen LogP contribution < -0.4 is 20.1 Å². The summed E-state index contributed by atoms with van der Waals surface area (Å²) in [7, 11) is 0. The maximum atomic E-state index is 12.3. The van der Waals surface area contributed by atoms with Gasteiger partial charge in [-0.1, -0.05) is 43.5 Å². The molecule has 0 aromatic heterocycles. The van der Waals surface area contributed by atoms with E-state index < -0.39 is 30.2 Å². The number of hydrogen-bond donors (Lipinski definition) is 2. The Hall–Kier alpha value is -5.00. The second kappa shape index (κ2) is 20.0. The minimum absolute atomic E-state index is 0.00392. The van der Waals surface area contributed by atoms with Crippen molar-refractivity contribution >= 4 is 24.1 Å². The molecule has 12 nitrogen and oxygen atoms in total. The molecule has 0 saturated carbocycles. The van der Waals surface area contributed by atoms with Gasteiger partial charge in [0.25, 0.3) is 0 Å². The Kier molecular flexibility index (Phi) is 15.8. The Morgan fingerprint density at radius 2 is 1.29 bits per heavy atom. The highest BCUT2D eigenvalue weighted by atomic mass is 16.6. The summed E-state index contributed by atoms with van der Waals surface area (Å²) in [6.45, 7) is 7.42. The molecule has 2 amide bonds. The lowest BCUT2D eigenvalue weighted by atomic mass is 10.2. The van der Waals surface area contributed by atoms with Crippen LogP contribution in [0.1, 0.15) is 18.4 Å². The highest BCUT2D eigenvalue weighted by molar-refractivity contribution is 5.81. The van der Waals surface area contributed by atoms with E-state index in [1.165, 1.54) is 0 Å². The summed E-state index contributed by atoms with van der Waals surface area (Å²) < 4.78 is 32.0. The van der Waals surface area contributed by atoms with Crippen LogP contribution in [0.25, 0.3) is 0 Å². The van der Waals surface area contributed by atoms with Crippen LogP contribution in [0.4, 0.5) is 9.59 Å². The van der Waals surface area contributed by atoms with E-state index in [1.807, 2.05) is 18.2 Å². The number of para-hydroxylation sites is 1. The number of amides is 2. The smallest absolute Gasteiger partial charge is 0.407 e. The van der Waals surface area contributed by atoms with E-state index in [1.54, 1.807) is 36.4 Å². The molecule has 0 aliphatic rings. The Balaban J connectivity index is 1.81. The normalized spacial score (nSPS) is 10.8. The average molecular weight is 585 g/mol. The summed E-state index contributed by atoms with van der Waals surface area (Å²) in [5, 5.41) is 5.17. The minimum atomic E-state index is -0.764. The molecule has 0 saturated heterocycles. The zero-order valence-electron chi connectivity index (χ0n) is 23.3. The highest BCUT2D eigenvalue weighted by Crippen LogP contribution is 2.16. The third-order valence-corrected chi connectivity index (χ3v) is 5.16. The van der Waals surface area contributed by atoms with E-state index in [-0.39, 0.29) is 46.1 Å². The van der Waals surface area contributed by atoms with Crippen molar-refractivity contribution in [3.8, 4) is 11.5 Å². The van der Waals surface area contributed by atoms with Gasteiger partial charge in [-0.2, -0.15) is 0 Å². The van der Waals surface area contributed by atoms with Gasteiger partial charge in [0, 0.05) is 25.2 Å². The first kappa shape index (κ1) is 33.2. The molecule has 2 rings (SSSR count). The molecule has 226 valence electrons. The van der Waals surface area contributed by atoms with E-state index in [9.17, 15) is 19.2 Å². The quantitative estimate of drug-likeness (QED) is 0.108. The largest absolute Gasteiger partial charge is 0.490 e. The molecule has 0 aliphatic carbocycles. The third kappa shape index (κ3) is 15.0. The molecule has 0 spiro atoms. The van der Waals surface area contributed by atoms with E-state index >= 15 is 0 Å². The van der Waals surface area contributed by atoms with Crippen LogP contribution in [-0.4, -0.2) is 69.7 Å². The van der Waals surface area contributed by atoms with Gasteiger partial charge in [-0.3, -0.25) is 0 Å². The van der Waals surface area contributed by atoms with Gasteiger partial charge in [0.15, 0.2) is 6.10 Å². The fraction of sp³-hybridized carbons (Fsp3) is 0.333. The molecular weight excluding hydrogens is 548 g/mol. The zero-order valence-corrected chi connectivity index (χ0v) is 23.3. The van der Waals surface area contributed by atoms with E-state index in [4.69, 9.17) is 28.4 Å². The third-order valence-electron chi connectivity index (χ3n) is 5.16. The second-order valence-corrected chi connectivity index (χ2v) is 8.49. The number of esters is 2. The molecule has 12 heteroatoms. The number of hydrogen-bond acceptors (Lipinski definition) is 10. The zero-order chi connectivity index (χ0) is 30.4. The van der Waals surface area contributed by atoms with Crippen LogP contribution in [0, 0.1) is 0 Å². The standard InChI is InChI=1S/C30H36N2O10/c1-3-27(33)37-17-9-15-31-29(35)41-20-23-11-8-14-25(19-23)40-22-26(21-39-24-12-6-5-7-13-24)42-30(36)32-16-10-18-38-28(34)4-2/h3-8,11-14,19,26H,1-2,9-10,15-18,20-22H2,(H,31,35)(H,32,36). The maximum absolute atomic E-state index is 12.3. The minimum Gasteiger partial charge on any atom is -0.490 e. The summed E-state index contributed by atoms with van der Waals surface area (Å²) >= 11 is 0. The molecule has 2 aromatic carbocycles. The predicted molar refractivity (Wildman–Crippen MR) is 152 cm³/mol. The Bertz CT molecular complexity index is 1160. The number of nitrogens with one attached hydrogen (secondary N) is 2. The number of carbonyl (C=O) groups excluding carboxylic acids is 4. The summed E-state index contributed by atoms with van der Waals surface area (Å²) in [6.07, 6.45) is 0.899. The summed E-state index contributed by atoms with van der Waals surface area (Å²) in [6, 6.07) is 16.0. The first-order valence-corrected chi connectivity index (χ1v) is 13.2. The molecule has 0 aliphatic heterocycles. The molecule has 42 heavy (non-hydrogen) atoms. The summed E-state index contributed by atoms with van der Waals surface area (Å²) in [4.78, 5) is 46.3. The Labute approximate surface area is 244 Å². The highest BCUT2D eigenvalue weighted by Gasteiger charge is 2.17. The van der Waals surface area contributed by atoms with Crippen molar-refractivity contribution in [3.05, 3.63) is 85.5 Å². The molecule has 0 bridgehead atoms. The first-order chi connectivity index (χ1) is 20.4. The number of alkyl carbamates (subject to hydrolysis) is 2. The van der Waals surface area contributed by atoms with Crippen molar-refractivity contribution < 1.29 is 47.6 Å². The fourth-order valence-electron chi connectivity index (χ4n) is 3.12. The van der Waals surface area contributed by atoms with E-state index in [0.29, 0.717) is 29.9 Å². The van der Waals surface area contributed by atoms with Gasteiger partial charge in [0.1, 0.15) is 31.3 Å². The number of rotatable bonds is 19. The van der Waals surface area contributed by atoms with Crippen molar-refractivity contribution in [1.82, 2.24) is 10.6 Å². The molecule has 1 unspecified atom stereocenters. The van der Waals surface area contributed by atoms with Gasteiger partial charge < -0.3 is 39.1 Å². The van der Waals surface area contributed by atoms with E-state index in [2.05, 4.69) is 23.8 Å². The van der Waals surface area contributed by atoms with Gasteiger partial charge in [0.05, 0.1) is 13.2 Å². The van der Waals surface area contributed by atoms with Crippen molar-refractivity contribution in [3.63, 3.8) is 0 Å². The van der Waals surface area contributed by atoms with Crippen molar-refractivity contribution in [2.24, 2.45) is 0 Å². The summed E-state index contributed by atoms with van der Waals surface area (Å²) in [5.41, 5.74) is 0.676. The lowest BCUT2D eigenvalue weighted by Gasteiger charge is -2.19. The molecule has 2 aromatic rings. The van der Waals surface area contributed by atoms with Gasteiger partial charge >= 0.3 is 24.1 Å². The summed E-state index contributed by atoms with van der Waals surface area (Å²) in [5.74, 6) is 0.0155. The van der Waals surface area contributed by atoms with Crippen molar-refractivity contribution in [2.75, 3.05) is 39.5 Å². The van der Waals surface area contributed by atoms with Crippen LogP contribution >= 0.6 is 0 Å². The topological polar surface area (TPSA) is 148 Å². The molecular formula is C30H36N2O10. The van der Waals surface area contributed by atoms with Crippen LogP contribution in [-0.2, 0) is 35.1 Å². The molecule has 0 heterocycles. The molecule has 0 radical (unpaired) electrons. The molecule has 2 N–H and O–H groups in total. The van der Waals surface area contributed by atoms with Crippen molar-refractivity contribution in [1.29, 1.82) is 0 Å². The van der Waals surface area contributed by atoms with Crippen LogP contribution in [0.3, 0.4) is 0 Å². The average Bonchev–Trinajstić information content (AvgIpc) is 3.01. The van der Waals surface area contributed by atoms with Gasteiger partial charge in [-0.05, 0) is 42.7 Å². The first-order valence-electron chi connectivity index (χ1n) is 13.2. The maximum Gasteiger partial charge on any atom is 0.407 e. The second-order valence-electron chi connectivity index (χ2n) is 8.49. The van der Waals surface area contributed by atoms with Crippen LogP contribution in [0.15, 0.2) is 79.9 Å². The van der Waals surface area contributed by atoms with Gasteiger partial charge in [-0.15, -0.1) is 0 Å². The lowest BCUT2D eigenvalue weighted by Crippen LogP contribution is -2.36. The Morgan fingerprint density at radius 3 is 1.90 bits per heavy atom. The van der Waals surface area contributed by atoms with E-state index in [0.717, 1.165) is 12.2 Å². The van der Waals surface area contributed by atoms with Crippen molar-refractivity contribution in [2.45, 2.75) is 25.6 Å². The number of carbonyl (C=O) groups is 4. The fourth-order valence-corrected chi connectivity index (χ4v) is 3.12. The van der Waals surface area contributed by atoms with Crippen LogP contribution in [0.5, 0.6) is 11.5 Å². The number of ether oxygens (including phenoxy) is 6. The molecule has 1 atom stereocenters. The SMILES string of the molecule is C=CC(=O)OCCCNC(=O)OCc1cccc(OCC(COc2ccccc2)OC(=O)NCCCOC(=O)C=C)c1.